The van der Waals surface area contributed by atoms with E-state index in [1.54, 1.807) is 0 Å². The van der Waals surface area contributed by atoms with Crippen LogP contribution < -0.4 is 4.74 Å². The number of amides is 1. The Bertz CT molecular complexity index is 674. The fourth-order valence-corrected chi connectivity index (χ4v) is 5.23. The van der Waals surface area contributed by atoms with Crippen molar-refractivity contribution in [3.05, 3.63) is 29.8 Å². The molecule has 0 radical (unpaired) electrons. The number of piperidine rings is 1. The lowest BCUT2D eigenvalue weighted by Crippen LogP contribution is -2.42. The van der Waals surface area contributed by atoms with Gasteiger partial charge in [0.15, 0.2) is 0 Å². The molecule has 3 aliphatic rings. The maximum absolute atomic E-state index is 13.2. The van der Waals surface area contributed by atoms with Crippen LogP contribution in [0.5, 0.6) is 5.75 Å². The molecule has 1 aromatic rings. The van der Waals surface area contributed by atoms with Gasteiger partial charge in [0.1, 0.15) is 12.4 Å². The third-order valence-corrected chi connectivity index (χ3v) is 7.05. The average molecular weight is 415 g/mol. The normalized spacial score (nSPS) is 25.5. The average Bonchev–Trinajstić information content (AvgIpc) is 2.80. The van der Waals surface area contributed by atoms with Gasteiger partial charge in [-0.3, -0.25) is 4.79 Å². The lowest BCUT2D eigenvalue weighted by atomic mass is 9.95. The summed E-state index contributed by atoms with van der Waals surface area (Å²) >= 11 is 0. The van der Waals surface area contributed by atoms with Crippen molar-refractivity contribution in [2.45, 2.75) is 63.8 Å². The van der Waals surface area contributed by atoms with Crippen LogP contribution in [0.25, 0.3) is 0 Å². The maximum atomic E-state index is 13.2. The van der Waals surface area contributed by atoms with Crippen LogP contribution in [0.4, 0.5) is 0 Å². The second-order valence-corrected chi connectivity index (χ2v) is 9.14. The zero-order valence-electron chi connectivity index (χ0n) is 18.4. The number of carbonyl (C=O) groups excluding carboxylic acids is 1. The molecule has 2 bridgehead atoms. The van der Waals surface area contributed by atoms with Gasteiger partial charge < -0.3 is 19.3 Å². The molecule has 1 atom stereocenters. The summed E-state index contributed by atoms with van der Waals surface area (Å²) in [5, 5.41) is 0. The van der Waals surface area contributed by atoms with Gasteiger partial charge in [0.25, 0.3) is 0 Å². The van der Waals surface area contributed by atoms with Gasteiger partial charge in [0, 0.05) is 31.7 Å². The number of benzene rings is 1. The molecular formula is C25H38N2O3. The molecule has 2 saturated heterocycles. The van der Waals surface area contributed by atoms with Gasteiger partial charge in [-0.1, -0.05) is 18.6 Å². The summed E-state index contributed by atoms with van der Waals surface area (Å²) < 4.78 is 11.5. The number of carbonyl (C=O) groups is 1. The molecular weight excluding hydrogens is 376 g/mol. The first-order valence-corrected chi connectivity index (χ1v) is 12.1. The fourth-order valence-electron chi connectivity index (χ4n) is 5.23. The topological polar surface area (TPSA) is 42.0 Å². The zero-order chi connectivity index (χ0) is 20.6. The van der Waals surface area contributed by atoms with Crippen molar-refractivity contribution in [1.82, 2.24) is 9.80 Å². The predicted octanol–water partition coefficient (Wildman–Crippen LogP) is 3.90. The van der Waals surface area contributed by atoms with Crippen molar-refractivity contribution in [3.8, 4) is 5.75 Å². The summed E-state index contributed by atoms with van der Waals surface area (Å²) in [4.78, 5) is 17.9. The van der Waals surface area contributed by atoms with Crippen LogP contribution >= 0.6 is 0 Å². The molecule has 0 saturated carbocycles. The van der Waals surface area contributed by atoms with Crippen LogP contribution in [-0.4, -0.2) is 67.7 Å². The molecule has 30 heavy (non-hydrogen) atoms. The molecule has 0 aromatic heterocycles. The Morgan fingerprint density at radius 1 is 0.867 bits per heavy atom. The van der Waals surface area contributed by atoms with Gasteiger partial charge >= 0.3 is 0 Å². The minimum atomic E-state index is 0.121. The summed E-state index contributed by atoms with van der Waals surface area (Å²) in [6.45, 7) is 5.91. The number of rotatable bonds is 1. The number of ether oxygens (including phenoxy) is 2. The molecule has 2 fully saturated rings. The van der Waals surface area contributed by atoms with Crippen LogP contribution in [0.3, 0.4) is 0 Å². The fraction of sp³-hybridized carbons (Fsp3) is 0.720. The molecule has 3 aliphatic heterocycles. The smallest absolute Gasteiger partial charge is 0.225 e. The van der Waals surface area contributed by atoms with Crippen LogP contribution in [0, 0.1) is 5.92 Å². The van der Waals surface area contributed by atoms with E-state index in [1.807, 2.05) is 6.07 Å². The Morgan fingerprint density at radius 2 is 1.67 bits per heavy atom. The summed E-state index contributed by atoms with van der Waals surface area (Å²) in [6.07, 6.45) is 10.3. The molecule has 0 spiro atoms. The van der Waals surface area contributed by atoms with E-state index >= 15 is 0 Å². The molecule has 5 nitrogen and oxygen atoms in total. The Morgan fingerprint density at radius 3 is 2.53 bits per heavy atom. The largest absolute Gasteiger partial charge is 0.492 e. The summed E-state index contributed by atoms with van der Waals surface area (Å²) in [5.41, 5.74) is 1.36. The summed E-state index contributed by atoms with van der Waals surface area (Å²) in [6, 6.07) is 9.26. The number of nitrogens with zero attached hydrogens (tertiary/aromatic N) is 2. The zero-order valence-corrected chi connectivity index (χ0v) is 18.4. The van der Waals surface area contributed by atoms with Crippen molar-refractivity contribution < 1.29 is 14.3 Å². The van der Waals surface area contributed by atoms with E-state index in [0.29, 0.717) is 38.3 Å². The number of aryl methyl sites for hydroxylation is 1. The quantitative estimate of drug-likeness (QED) is 0.699. The van der Waals surface area contributed by atoms with E-state index in [9.17, 15) is 4.79 Å². The van der Waals surface area contributed by atoms with Crippen LogP contribution in [0.15, 0.2) is 24.3 Å². The van der Waals surface area contributed by atoms with Crippen molar-refractivity contribution in [1.29, 1.82) is 0 Å². The summed E-state index contributed by atoms with van der Waals surface area (Å²) in [5.74, 6) is 1.35. The first-order valence-electron chi connectivity index (χ1n) is 12.1. The Labute approximate surface area is 181 Å². The van der Waals surface area contributed by atoms with E-state index in [-0.39, 0.29) is 5.92 Å². The molecule has 0 N–H and O–H groups in total. The van der Waals surface area contributed by atoms with E-state index < -0.39 is 0 Å². The van der Waals surface area contributed by atoms with E-state index in [1.165, 1.54) is 50.8 Å². The minimum Gasteiger partial charge on any atom is -0.492 e. The predicted molar refractivity (Wildman–Crippen MR) is 119 cm³/mol. The Balaban J connectivity index is 1.44. The molecule has 5 heteroatoms. The monoisotopic (exact) mass is 414 g/mol. The highest BCUT2D eigenvalue weighted by molar-refractivity contribution is 5.79. The second kappa shape index (κ2) is 11.1. The number of fused-ring (bicyclic) bond motifs is 3. The van der Waals surface area contributed by atoms with E-state index in [0.717, 1.165) is 38.0 Å². The van der Waals surface area contributed by atoms with Crippen molar-refractivity contribution in [2.24, 2.45) is 5.92 Å². The van der Waals surface area contributed by atoms with Crippen LogP contribution in [0.2, 0.25) is 0 Å². The Kier molecular flexibility index (Phi) is 8.04. The number of hydrogen-bond acceptors (Lipinski definition) is 4. The van der Waals surface area contributed by atoms with Gasteiger partial charge in [-0.25, -0.2) is 0 Å². The highest BCUT2D eigenvalue weighted by atomic mass is 16.5. The Hall–Kier alpha value is -1.59. The maximum Gasteiger partial charge on any atom is 0.225 e. The minimum absolute atomic E-state index is 0.121. The first-order chi connectivity index (χ1) is 14.8. The van der Waals surface area contributed by atoms with Gasteiger partial charge in [-0.2, -0.15) is 0 Å². The molecule has 0 aliphatic carbocycles. The highest BCUT2D eigenvalue weighted by Crippen LogP contribution is 2.24. The van der Waals surface area contributed by atoms with Gasteiger partial charge in [-0.05, 0) is 82.2 Å². The van der Waals surface area contributed by atoms with Crippen LogP contribution in [-0.2, 0) is 16.0 Å². The molecule has 3 heterocycles. The lowest BCUT2D eigenvalue weighted by Gasteiger charge is -2.36. The van der Waals surface area contributed by atoms with Gasteiger partial charge in [0.2, 0.25) is 5.91 Å². The third kappa shape index (κ3) is 5.98. The standard InChI is InChI=1S/C25H38N2O3/c28-25(22-11-17-29-18-12-22)27-15-4-3-14-26-13-2-1-7-23(26)10-9-21-6-5-8-24(20-21)30-19-16-27/h5-6,8,20,22-23H,1-4,7,9-19H2. The van der Waals surface area contributed by atoms with E-state index in [2.05, 4.69) is 28.0 Å². The second-order valence-electron chi connectivity index (χ2n) is 9.14. The van der Waals surface area contributed by atoms with Crippen molar-refractivity contribution in [3.63, 3.8) is 0 Å². The molecule has 166 valence electrons. The van der Waals surface area contributed by atoms with Crippen molar-refractivity contribution >= 4 is 5.91 Å². The van der Waals surface area contributed by atoms with Gasteiger partial charge in [-0.15, -0.1) is 0 Å². The molecule has 1 aromatic carbocycles. The molecule has 1 unspecified atom stereocenters. The van der Waals surface area contributed by atoms with Crippen LogP contribution in [0.1, 0.15) is 56.9 Å². The highest BCUT2D eigenvalue weighted by Gasteiger charge is 2.27. The first kappa shape index (κ1) is 21.6. The third-order valence-electron chi connectivity index (χ3n) is 7.05. The molecule has 4 rings (SSSR count). The van der Waals surface area contributed by atoms with Crippen molar-refractivity contribution in [2.75, 3.05) is 46.0 Å². The van der Waals surface area contributed by atoms with E-state index in [4.69, 9.17) is 9.47 Å². The SMILES string of the molecule is O=C(C1CCOCC1)N1CCCCN2CCCCC2CCc2cccc(c2)OCC1. The lowest BCUT2D eigenvalue weighted by molar-refractivity contribution is -0.139. The van der Waals surface area contributed by atoms with Gasteiger partial charge in [0.05, 0.1) is 6.54 Å². The number of hydrogen-bond donors (Lipinski definition) is 0. The summed E-state index contributed by atoms with van der Waals surface area (Å²) in [7, 11) is 0. The molecule has 1 amide bonds.